The van der Waals surface area contributed by atoms with Gasteiger partial charge in [-0.15, -0.1) is 0 Å². The van der Waals surface area contributed by atoms with Crippen molar-refractivity contribution in [1.29, 1.82) is 0 Å². The molecule has 0 atom stereocenters. The molecular formula is C10H22N2S. The molecule has 0 aliphatic carbocycles. The zero-order valence-electron chi connectivity index (χ0n) is 8.39. The van der Waals surface area contributed by atoms with Crippen LogP contribution in [0.25, 0.3) is 0 Å². The summed E-state index contributed by atoms with van der Waals surface area (Å²) >= 11 is 4.21. The first kappa shape index (κ1) is 11.3. The smallest absolute Gasteiger partial charge is 0.00680 e. The number of thiol groups is 1. The molecule has 1 fully saturated rings. The number of nitrogens with one attached hydrogen (secondary N) is 2. The Labute approximate surface area is 87.3 Å². The van der Waals surface area contributed by atoms with E-state index >= 15 is 0 Å². The fourth-order valence-corrected chi connectivity index (χ4v) is 1.96. The lowest BCUT2D eigenvalue weighted by atomic mass is 10.0. The summed E-state index contributed by atoms with van der Waals surface area (Å²) in [7, 11) is 0. The summed E-state index contributed by atoms with van der Waals surface area (Å²) in [6, 6.07) is 0.766. The largest absolute Gasteiger partial charge is 0.317 e. The molecule has 1 rings (SSSR count). The minimum atomic E-state index is 0.766. The van der Waals surface area contributed by atoms with E-state index in [-0.39, 0.29) is 0 Å². The van der Waals surface area contributed by atoms with Gasteiger partial charge >= 0.3 is 0 Å². The summed E-state index contributed by atoms with van der Waals surface area (Å²) in [5.41, 5.74) is 0. The van der Waals surface area contributed by atoms with E-state index in [4.69, 9.17) is 0 Å². The zero-order valence-corrected chi connectivity index (χ0v) is 9.28. The molecular weight excluding hydrogens is 180 g/mol. The van der Waals surface area contributed by atoms with Gasteiger partial charge in [0.15, 0.2) is 0 Å². The minimum absolute atomic E-state index is 0.766. The molecule has 3 heteroatoms. The highest BCUT2D eigenvalue weighted by atomic mass is 32.1. The number of hydrogen-bond donors (Lipinski definition) is 3. The van der Waals surface area contributed by atoms with Gasteiger partial charge in [0.05, 0.1) is 0 Å². The zero-order chi connectivity index (χ0) is 9.36. The van der Waals surface area contributed by atoms with Gasteiger partial charge in [0.1, 0.15) is 0 Å². The fourth-order valence-electron chi connectivity index (χ4n) is 1.81. The van der Waals surface area contributed by atoms with Gasteiger partial charge in [-0.3, -0.25) is 0 Å². The van der Waals surface area contributed by atoms with Crippen LogP contribution < -0.4 is 10.6 Å². The Morgan fingerprint density at radius 2 is 1.92 bits per heavy atom. The van der Waals surface area contributed by atoms with Gasteiger partial charge in [-0.05, 0) is 57.5 Å². The van der Waals surface area contributed by atoms with Crippen molar-refractivity contribution < 1.29 is 0 Å². The van der Waals surface area contributed by atoms with Crippen molar-refractivity contribution in [3.05, 3.63) is 0 Å². The van der Waals surface area contributed by atoms with Gasteiger partial charge < -0.3 is 10.6 Å². The van der Waals surface area contributed by atoms with E-state index < -0.39 is 0 Å². The predicted molar refractivity (Wildman–Crippen MR) is 61.6 cm³/mol. The van der Waals surface area contributed by atoms with Crippen molar-refractivity contribution in [1.82, 2.24) is 10.6 Å². The average molecular weight is 202 g/mol. The summed E-state index contributed by atoms with van der Waals surface area (Å²) in [5.74, 6) is 1.00. The van der Waals surface area contributed by atoms with Gasteiger partial charge in [0.2, 0.25) is 0 Å². The van der Waals surface area contributed by atoms with Crippen LogP contribution in [0.3, 0.4) is 0 Å². The Hall–Kier alpha value is 0.270. The third kappa shape index (κ3) is 5.55. The van der Waals surface area contributed by atoms with Crippen molar-refractivity contribution >= 4 is 12.6 Å². The third-order valence-corrected chi connectivity index (χ3v) is 2.90. The molecule has 0 spiro atoms. The first-order valence-corrected chi connectivity index (χ1v) is 6.11. The third-order valence-electron chi connectivity index (χ3n) is 2.58. The van der Waals surface area contributed by atoms with Gasteiger partial charge in [0, 0.05) is 6.04 Å². The number of rotatable bonds is 4. The highest BCUT2D eigenvalue weighted by Gasteiger charge is 2.09. The van der Waals surface area contributed by atoms with E-state index in [1.165, 1.54) is 45.2 Å². The van der Waals surface area contributed by atoms with Crippen LogP contribution >= 0.6 is 12.6 Å². The van der Waals surface area contributed by atoms with E-state index in [0.717, 1.165) is 18.3 Å². The molecule has 2 nitrogen and oxygen atoms in total. The second kappa shape index (κ2) is 7.65. The highest BCUT2D eigenvalue weighted by Crippen LogP contribution is 2.06. The van der Waals surface area contributed by atoms with E-state index in [1.807, 2.05) is 0 Å². The van der Waals surface area contributed by atoms with Crippen LogP contribution in [-0.2, 0) is 0 Å². The van der Waals surface area contributed by atoms with Crippen LogP contribution in [0.5, 0.6) is 0 Å². The molecule has 0 aromatic rings. The molecule has 1 heterocycles. The standard InChI is InChI=1S/C10H22N2S/c13-9-3-8-12-10-4-1-6-11-7-2-5-10/h10-13H,1-9H2. The molecule has 1 aliphatic rings. The van der Waals surface area contributed by atoms with E-state index in [0.29, 0.717) is 0 Å². The summed E-state index contributed by atoms with van der Waals surface area (Å²) in [4.78, 5) is 0. The first-order chi connectivity index (χ1) is 6.43. The molecule has 0 aromatic carbocycles. The molecule has 1 saturated heterocycles. The second-order valence-electron chi connectivity index (χ2n) is 3.76. The minimum Gasteiger partial charge on any atom is -0.317 e. The van der Waals surface area contributed by atoms with Crippen LogP contribution in [0, 0.1) is 0 Å². The molecule has 78 valence electrons. The van der Waals surface area contributed by atoms with Gasteiger partial charge in [-0.2, -0.15) is 12.6 Å². The highest BCUT2D eigenvalue weighted by molar-refractivity contribution is 7.80. The van der Waals surface area contributed by atoms with Crippen molar-refractivity contribution in [2.75, 3.05) is 25.4 Å². The van der Waals surface area contributed by atoms with Crippen LogP contribution in [0.4, 0.5) is 0 Å². The maximum atomic E-state index is 4.21. The molecule has 1 aliphatic heterocycles. The maximum Gasteiger partial charge on any atom is 0.00680 e. The summed E-state index contributed by atoms with van der Waals surface area (Å²) in [5, 5.41) is 7.05. The normalized spacial score (nSPS) is 21.0. The average Bonchev–Trinajstić information content (AvgIpc) is 2.08. The Kier molecular flexibility index (Phi) is 6.68. The molecule has 0 bridgehead atoms. The Morgan fingerprint density at radius 1 is 1.23 bits per heavy atom. The lowest BCUT2D eigenvalue weighted by molar-refractivity contribution is 0.399. The molecule has 0 amide bonds. The SMILES string of the molecule is SCCCNC1CCCNCCC1. The number of hydrogen-bond acceptors (Lipinski definition) is 3. The van der Waals surface area contributed by atoms with Crippen molar-refractivity contribution in [3.8, 4) is 0 Å². The maximum absolute atomic E-state index is 4.21. The Balaban J connectivity index is 2.06. The van der Waals surface area contributed by atoms with Crippen molar-refractivity contribution in [3.63, 3.8) is 0 Å². The van der Waals surface area contributed by atoms with Gasteiger partial charge in [-0.25, -0.2) is 0 Å². The lowest BCUT2D eigenvalue weighted by Gasteiger charge is -2.21. The first-order valence-electron chi connectivity index (χ1n) is 5.48. The lowest BCUT2D eigenvalue weighted by Crippen LogP contribution is -2.34. The quantitative estimate of drug-likeness (QED) is 0.474. The summed E-state index contributed by atoms with van der Waals surface area (Å²) < 4.78 is 0. The molecule has 0 unspecified atom stereocenters. The van der Waals surface area contributed by atoms with Crippen LogP contribution in [-0.4, -0.2) is 31.4 Å². The molecule has 0 aromatic heterocycles. The predicted octanol–water partition coefficient (Wildman–Crippen LogP) is 1.43. The molecule has 0 saturated carbocycles. The van der Waals surface area contributed by atoms with Crippen LogP contribution in [0.2, 0.25) is 0 Å². The van der Waals surface area contributed by atoms with Crippen molar-refractivity contribution in [2.45, 2.75) is 38.1 Å². The van der Waals surface area contributed by atoms with Crippen molar-refractivity contribution in [2.24, 2.45) is 0 Å². The summed E-state index contributed by atoms with van der Waals surface area (Å²) in [6.07, 6.45) is 6.49. The molecule has 2 N–H and O–H groups in total. The van der Waals surface area contributed by atoms with Crippen LogP contribution in [0.1, 0.15) is 32.1 Å². The van der Waals surface area contributed by atoms with E-state index in [9.17, 15) is 0 Å². The summed E-state index contributed by atoms with van der Waals surface area (Å²) in [6.45, 7) is 3.54. The van der Waals surface area contributed by atoms with E-state index in [2.05, 4.69) is 23.3 Å². The second-order valence-corrected chi connectivity index (χ2v) is 4.21. The monoisotopic (exact) mass is 202 g/mol. The van der Waals surface area contributed by atoms with Gasteiger partial charge in [-0.1, -0.05) is 0 Å². The Bertz CT molecular complexity index is 111. The topological polar surface area (TPSA) is 24.1 Å². The molecule has 13 heavy (non-hydrogen) atoms. The van der Waals surface area contributed by atoms with Crippen LogP contribution in [0.15, 0.2) is 0 Å². The molecule has 0 radical (unpaired) electrons. The fraction of sp³-hybridized carbons (Fsp3) is 1.00. The van der Waals surface area contributed by atoms with Gasteiger partial charge in [0.25, 0.3) is 0 Å². The Morgan fingerprint density at radius 3 is 2.54 bits per heavy atom. The van der Waals surface area contributed by atoms with E-state index in [1.54, 1.807) is 0 Å².